The van der Waals surface area contributed by atoms with Crippen molar-refractivity contribution in [2.24, 2.45) is 0 Å². The van der Waals surface area contributed by atoms with Crippen LogP contribution in [0.5, 0.6) is 34.5 Å². The van der Waals surface area contributed by atoms with E-state index >= 15 is 0 Å². The lowest BCUT2D eigenvalue weighted by atomic mass is 9.91. The summed E-state index contributed by atoms with van der Waals surface area (Å²) in [7, 11) is 0. The number of fused-ring (bicyclic) bond motifs is 2. The number of nitrogen functional groups attached to an aromatic ring is 2. The number of aromatic hydroxyl groups is 2. The third-order valence-electron chi connectivity index (χ3n) is 7.73. The van der Waals surface area contributed by atoms with Crippen LogP contribution in [-0.2, 0) is 0 Å². The van der Waals surface area contributed by atoms with Crippen molar-refractivity contribution in [3.05, 3.63) is 145 Å². The van der Waals surface area contributed by atoms with Gasteiger partial charge in [0.15, 0.2) is 0 Å². The molecule has 6 N–H and O–H groups in total. The zero-order valence-corrected chi connectivity index (χ0v) is 24.6. The molecule has 0 saturated heterocycles. The Kier molecular flexibility index (Phi) is 7.26. The van der Waals surface area contributed by atoms with Crippen LogP contribution in [0.4, 0.5) is 11.4 Å². The van der Waals surface area contributed by atoms with Gasteiger partial charge in [0.1, 0.15) is 34.5 Å². The van der Waals surface area contributed by atoms with Gasteiger partial charge in [0.25, 0.3) is 0 Å². The molecule has 0 heterocycles. The molecule has 0 aliphatic rings. The van der Waals surface area contributed by atoms with Gasteiger partial charge in [-0.25, -0.2) is 0 Å². The highest BCUT2D eigenvalue weighted by Crippen LogP contribution is 2.48. The van der Waals surface area contributed by atoms with Gasteiger partial charge < -0.3 is 31.2 Å². The summed E-state index contributed by atoms with van der Waals surface area (Å²) in [6.45, 7) is 0. The first kappa shape index (κ1) is 28.2. The molecule has 0 radical (unpaired) electrons. The van der Waals surface area contributed by atoms with Crippen LogP contribution < -0.4 is 20.9 Å². The lowest BCUT2D eigenvalue weighted by Crippen LogP contribution is -1.96. The molecule has 6 heteroatoms. The van der Waals surface area contributed by atoms with Crippen molar-refractivity contribution in [1.29, 1.82) is 0 Å². The molecule has 46 heavy (non-hydrogen) atoms. The van der Waals surface area contributed by atoms with Gasteiger partial charge in [-0.1, -0.05) is 72.5 Å². The second kappa shape index (κ2) is 11.8. The van der Waals surface area contributed by atoms with E-state index in [1.54, 1.807) is 24.3 Å². The van der Waals surface area contributed by atoms with Crippen LogP contribution in [-0.4, -0.2) is 10.2 Å². The Morgan fingerprint density at radius 2 is 1.07 bits per heavy atom. The molecule has 0 unspecified atom stereocenters. The molecule has 6 nitrogen and oxygen atoms in total. The number of rotatable bonds is 5. The molecule has 0 aliphatic heterocycles. The van der Waals surface area contributed by atoms with Gasteiger partial charge in [-0.05, 0) is 82.2 Å². The fourth-order valence-corrected chi connectivity index (χ4v) is 5.49. The number of phenolic OH excluding ortho intramolecular Hbond substituents is 2. The second-order valence-corrected chi connectivity index (χ2v) is 10.8. The lowest BCUT2D eigenvalue weighted by Gasteiger charge is -2.20. The number of phenols is 2. The summed E-state index contributed by atoms with van der Waals surface area (Å²) in [5.74, 6) is 8.65. The Labute approximate surface area is 265 Å². The van der Waals surface area contributed by atoms with E-state index in [0.29, 0.717) is 23.0 Å². The normalized spacial score (nSPS) is 10.8. The highest BCUT2D eigenvalue weighted by atomic mass is 16.5. The van der Waals surface area contributed by atoms with Crippen molar-refractivity contribution >= 4 is 32.9 Å². The van der Waals surface area contributed by atoms with Crippen molar-refractivity contribution in [3.8, 4) is 57.5 Å². The maximum absolute atomic E-state index is 10.0. The molecule has 0 saturated carbocycles. The summed E-state index contributed by atoms with van der Waals surface area (Å²) in [6, 6.07) is 41.3. The van der Waals surface area contributed by atoms with Crippen LogP contribution in [0.2, 0.25) is 0 Å². The molecule has 0 amide bonds. The van der Waals surface area contributed by atoms with E-state index in [2.05, 4.69) is 11.8 Å². The van der Waals surface area contributed by atoms with E-state index in [-0.39, 0.29) is 22.9 Å². The van der Waals surface area contributed by atoms with Crippen LogP contribution >= 0.6 is 0 Å². The molecule has 0 aliphatic carbocycles. The van der Waals surface area contributed by atoms with E-state index in [4.69, 9.17) is 20.9 Å². The first-order valence-electron chi connectivity index (χ1n) is 14.6. The van der Waals surface area contributed by atoms with Crippen LogP contribution in [0.1, 0.15) is 11.1 Å². The molecule has 0 aromatic heterocycles. The SMILES string of the molecule is Nc1cc(Oc2ccc3ccccc3c2-c2c(Oc3ccc(O)c(N)c3)ccc3c(C#Cc4ccccc4)cccc23)ccc1O. The zero-order valence-electron chi connectivity index (χ0n) is 24.6. The largest absolute Gasteiger partial charge is 0.506 e. The number of hydrogen-bond acceptors (Lipinski definition) is 6. The van der Waals surface area contributed by atoms with Crippen molar-refractivity contribution in [3.63, 3.8) is 0 Å². The molecule has 0 atom stereocenters. The molecule has 7 aromatic carbocycles. The Balaban J connectivity index is 1.50. The maximum Gasteiger partial charge on any atom is 0.138 e. The van der Waals surface area contributed by atoms with Crippen LogP contribution in [0.3, 0.4) is 0 Å². The van der Waals surface area contributed by atoms with E-state index in [0.717, 1.165) is 43.8 Å². The monoisotopic (exact) mass is 600 g/mol. The molecule has 0 bridgehead atoms. The van der Waals surface area contributed by atoms with Crippen molar-refractivity contribution in [1.82, 2.24) is 0 Å². The van der Waals surface area contributed by atoms with Crippen LogP contribution in [0.15, 0.2) is 133 Å². The first-order valence-corrected chi connectivity index (χ1v) is 14.6. The average Bonchev–Trinajstić information content (AvgIpc) is 3.07. The second-order valence-electron chi connectivity index (χ2n) is 10.8. The van der Waals surface area contributed by atoms with Crippen LogP contribution in [0, 0.1) is 11.8 Å². The van der Waals surface area contributed by atoms with Gasteiger partial charge in [-0.3, -0.25) is 0 Å². The summed E-state index contributed by atoms with van der Waals surface area (Å²) >= 11 is 0. The van der Waals surface area contributed by atoms with E-state index in [1.807, 2.05) is 97.1 Å². The van der Waals surface area contributed by atoms with Gasteiger partial charge in [0.05, 0.1) is 11.4 Å². The Bertz CT molecular complexity index is 2320. The van der Waals surface area contributed by atoms with Gasteiger partial charge in [0.2, 0.25) is 0 Å². The fourth-order valence-electron chi connectivity index (χ4n) is 5.49. The Morgan fingerprint density at radius 1 is 0.478 bits per heavy atom. The number of benzene rings is 7. The highest BCUT2D eigenvalue weighted by Gasteiger charge is 2.21. The van der Waals surface area contributed by atoms with E-state index in [9.17, 15) is 10.2 Å². The molecule has 0 fully saturated rings. The lowest BCUT2D eigenvalue weighted by molar-refractivity contribution is 0.465. The van der Waals surface area contributed by atoms with Crippen molar-refractivity contribution < 1.29 is 19.7 Å². The predicted molar refractivity (Wildman–Crippen MR) is 184 cm³/mol. The minimum atomic E-state index is -0.0226. The third kappa shape index (κ3) is 5.45. The highest BCUT2D eigenvalue weighted by molar-refractivity contribution is 6.11. The summed E-state index contributed by atoms with van der Waals surface area (Å²) < 4.78 is 13.0. The van der Waals surface area contributed by atoms with Crippen molar-refractivity contribution in [2.45, 2.75) is 0 Å². The number of ether oxygens (including phenoxy) is 2. The van der Waals surface area contributed by atoms with Gasteiger partial charge in [-0.2, -0.15) is 0 Å². The zero-order chi connectivity index (χ0) is 31.6. The standard InChI is InChI=1S/C40H28N2O4/c41-33-23-28(16-19-35(33)43)45-37-21-15-27-9-4-5-11-31(27)39(37)40-32-12-6-10-26(14-13-25-7-2-1-3-8-25)30(32)18-22-38(40)46-29-17-20-36(44)34(42)24-29/h1-12,15-24,43-44H,41-42H2. The molecule has 7 aromatic rings. The smallest absolute Gasteiger partial charge is 0.138 e. The van der Waals surface area contributed by atoms with Gasteiger partial charge >= 0.3 is 0 Å². The summed E-state index contributed by atoms with van der Waals surface area (Å²) in [5.41, 5.74) is 15.8. The minimum Gasteiger partial charge on any atom is -0.506 e. The number of nitrogens with two attached hydrogens (primary N) is 2. The number of anilines is 2. The Morgan fingerprint density at radius 3 is 1.74 bits per heavy atom. The summed E-state index contributed by atoms with van der Waals surface area (Å²) in [5, 5.41) is 23.9. The topological polar surface area (TPSA) is 111 Å². The average molecular weight is 601 g/mol. The minimum absolute atomic E-state index is 0.0202. The van der Waals surface area contributed by atoms with Crippen molar-refractivity contribution in [2.75, 3.05) is 11.5 Å². The maximum atomic E-state index is 10.0. The molecule has 7 rings (SSSR count). The van der Waals surface area contributed by atoms with E-state index in [1.165, 1.54) is 12.1 Å². The number of hydrogen-bond donors (Lipinski definition) is 4. The molecular formula is C40H28N2O4. The molecular weight excluding hydrogens is 572 g/mol. The Hall–Kier alpha value is -6.58. The fraction of sp³-hybridized carbons (Fsp3) is 0. The molecule has 0 spiro atoms. The van der Waals surface area contributed by atoms with Gasteiger partial charge in [0, 0.05) is 34.4 Å². The quantitative estimate of drug-likeness (QED) is 0.0890. The summed E-state index contributed by atoms with van der Waals surface area (Å²) in [6.07, 6.45) is 0. The van der Waals surface area contributed by atoms with Gasteiger partial charge in [-0.15, -0.1) is 0 Å². The predicted octanol–water partition coefficient (Wildman–Crippen LogP) is 9.22. The summed E-state index contributed by atoms with van der Waals surface area (Å²) in [4.78, 5) is 0. The molecule has 222 valence electrons. The first-order chi connectivity index (χ1) is 22.4. The van der Waals surface area contributed by atoms with Crippen LogP contribution in [0.25, 0.3) is 32.7 Å². The van der Waals surface area contributed by atoms with E-state index < -0.39 is 0 Å². The third-order valence-corrected chi connectivity index (χ3v) is 7.73.